The molecule has 26 heteroatoms. The number of aliphatic carboxylic acids is 1. The number of hydrogen-bond donors (Lipinski definition) is 4. The van der Waals surface area contributed by atoms with E-state index in [0.717, 1.165) is 28.0 Å². The number of carboxylic acids is 1. The summed E-state index contributed by atoms with van der Waals surface area (Å²) in [6.07, 6.45) is 14.4. The van der Waals surface area contributed by atoms with Gasteiger partial charge in [-0.2, -0.15) is 25.3 Å². The molecule has 0 saturated carbocycles. The number of amidine groups is 1. The smallest absolute Gasteiger partial charge is 0.327 e. The molecular formula is C56H69N6O15S5+. The maximum absolute atomic E-state index is 12.7. The summed E-state index contributed by atoms with van der Waals surface area (Å²) in [6, 6.07) is 14.9. The van der Waals surface area contributed by atoms with Gasteiger partial charge in [0.25, 0.3) is 30.4 Å². The van der Waals surface area contributed by atoms with Crippen molar-refractivity contribution in [3.8, 4) is 23.7 Å². The third kappa shape index (κ3) is 17.1. The zero-order valence-electron chi connectivity index (χ0n) is 46.8. The molecule has 3 aliphatic heterocycles. The number of aliphatic imine (C=N–C) groups is 2. The van der Waals surface area contributed by atoms with E-state index >= 15 is 0 Å². The Kier molecular flexibility index (Phi) is 20.2. The average Bonchev–Trinajstić information content (AvgIpc) is 3.99. The van der Waals surface area contributed by atoms with Crippen LogP contribution in [0.5, 0.6) is 0 Å². The van der Waals surface area contributed by atoms with Crippen LogP contribution in [-0.2, 0) is 67.2 Å². The van der Waals surface area contributed by atoms with Crippen LogP contribution < -0.4 is 13.2 Å². The van der Waals surface area contributed by atoms with Crippen LogP contribution in [0.2, 0.25) is 0 Å². The van der Waals surface area contributed by atoms with Gasteiger partial charge in [-0.15, -0.1) is 0 Å². The van der Waals surface area contributed by atoms with Gasteiger partial charge in [0, 0.05) is 66.4 Å². The van der Waals surface area contributed by atoms with E-state index in [1.807, 2.05) is 62.6 Å². The molecule has 1 aromatic heterocycles. The Hall–Kier alpha value is -6.49. The van der Waals surface area contributed by atoms with Crippen LogP contribution in [-0.4, -0.2) is 132 Å². The van der Waals surface area contributed by atoms with Crippen LogP contribution in [0.3, 0.4) is 0 Å². The summed E-state index contributed by atoms with van der Waals surface area (Å²) in [5, 5.41) is 6.77. The molecule has 3 aliphatic rings. The molecule has 0 fully saturated rings. The second-order valence-corrected chi connectivity index (χ2v) is 30.5. The number of pyridine rings is 1. The number of sulfonamides is 2. The van der Waals surface area contributed by atoms with E-state index in [2.05, 4.69) is 23.7 Å². The summed E-state index contributed by atoms with van der Waals surface area (Å²) in [6.45, 7) is 11.1. The van der Waals surface area contributed by atoms with Crippen LogP contribution in [0.1, 0.15) is 109 Å². The molecule has 4 heterocycles. The van der Waals surface area contributed by atoms with Crippen molar-refractivity contribution in [2.75, 3.05) is 46.5 Å². The molecule has 0 bridgehead atoms. The Labute approximate surface area is 482 Å². The van der Waals surface area contributed by atoms with Crippen molar-refractivity contribution in [1.29, 1.82) is 0 Å². The number of fused-ring (bicyclic) bond motifs is 2. The number of anilines is 2. The first-order valence-corrected chi connectivity index (χ1v) is 34.4. The molecule has 0 amide bonds. The standard InChI is InChI=1S/C56H68N6O15S5/c1-40(81(72,73)74)29-33-59-38-44(19-17-42-21-25-46(26-22-42)61(78(7,65)66)31-11-9-10-16-52(63)64)36-48-53(59)57-50(55(48,3)4)14-12-15-51-56(5,6)49-37-45(39-60(54(49)58-51)34-30-41(2)82(75,76)77)20-18-43-23-27-47(28-24-43)62(79(8,67)68)32-13-35-80(69,70)71/h12,14-15,21-28,36-41H,9-11,13,16,29-35H2,1-8H3,(H3-,63,64,69,70,71,72,73,74,75,76,77)/p+1. The number of aromatic nitrogens is 1. The maximum Gasteiger partial charge on any atom is 0.327 e. The van der Waals surface area contributed by atoms with E-state index in [9.17, 15) is 56.0 Å². The van der Waals surface area contributed by atoms with Gasteiger partial charge in [-0.3, -0.25) is 27.1 Å². The molecule has 6 rings (SSSR count). The first-order valence-electron chi connectivity index (χ1n) is 26.1. The molecule has 2 aromatic carbocycles. The average molecular weight is 1230 g/mol. The second kappa shape index (κ2) is 25.6. The maximum atomic E-state index is 12.7. The molecule has 442 valence electrons. The van der Waals surface area contributed by atoms with Crippen molar-refractivity contribution in [2.45, 2.75) is 109 Å². The Bertz CT molecular complexity index is 3880. The predicted molar refractivity (Wildman–Crippen MR) is 317 cm³/mol. The highest BCUT2D eigenvalue weighted by molar-refractivity contribution is 7.92. The van der Waals surface area contributed by atoms with Crippen LogP contribution in [0.25, 0.3) is 0 Å². The van der Waals surface area contributed by atoms with Gasteiger partial charge in [-0.05, 0) is 131 Å². The lowest BCUT2D eigenvalue weighted by molar-refractivity contribution is -0.684. The van der Waals surface area contributed by atoms with Gasteiger partial charge in [0.2, 0.25) is 20.0 Å². The Morgan fingerprint density at radius 1 is 0.707 bits per heavy atom. The van der Waals surface area contributed by atoms with E-state index in [-0.39, 0.29) is 57.5 Å². The minimum Gasteiger partial charge on any atom is -0.481 e. The Balaban J connectivity index is 1.28. The largest absolute Gasteiger partial charge is 0.481 e. The van der Waals surface area contributed by atoms with Gasteiger partial charge >= 0.3 is 11.8 Å². The van der Waals surface area contributed by atoms with Gasteiger partial charge in [-0.1, -0.05) is 50.0 Å². The molecule has 82 heavy (non-hydrogen) atoms. The normalized spacial score (nSPS) is 17.1. The van der Waals surface area contributed by atoms with E-state index in [4.69, 9.17) is 19.6 Å². The molecule has 2 unspecified atom stereocenters. The van der Waals surface area contributed by atoms with Gasteiger partial charge in [-0.25, -0.2) is 26.4 Å². The topological polar surface area (TPSA) is 307 Å². The summed E-state index contributed by atoms with van der Waals surface area (Å²) in [5.74, 6) is 12.2. The highest BCUT2D eigenvalue weighted by atomic mass is 32.2. The molecule has 0 radical (unpaired) electrons. The van der Waals surface area contributed by atoms with Crippen molar-refractivity contribution in [1.82, 2.24) is 4.90 Å². The third-order valence-corrected chi connectivity index (χ3v) is 19.9. The lowest BCUT2D eigenvalue weighted by atomic mass is 9.80. The van der Waals surface area contributed by atoms with E-state index < -0.39 is 83.5 Å². The summed E-state index contributed by atoms with van der Waals surface area (Å²) in [4.78, 5) is 22.8. The number of nitrogens with zero attached hydrogens (tertiary/aromatic N) is 6. The third-order valence-electron chi connectivity index (χ3n) is 14.2. The van der Waals surface area contributed by atoms with Crippen LogP contribution in [0.4, 0.5) is 17.2 Å². The molecule has 2 atom stereocenters. The van der Waals surface area contributed by atoms with Gasteiger partial charge in [0.1, 0.15) is 12.0 Å². The van der Waals surface area contributed by atoms with Gasteiger partial charge in [0.05, 0.1) is 68.9 Å². The fourth-order valence-corrected chi connectivity index (χ4v) is 12.4. The number of unbranched alkanes of at least 4 members (excludes halogenated alkanes) is 2. The fraction of sp³-hybridized carbons (Fsp3) is 0.429. The fourth-order valence-electron chi connectivity index (χ4n) is 9.16. The zero-order valence-corrected chi connectivity index (χ0v) is 50.9. The first-order chi connectivity index (χ1) is 37.9. The minimum absolute atomic E-state index is 0.00448. The highest BCUT2D eigenvalue weighted by Gasteiger charge is 2.44. The molecule has 4 N–H and O–H groups in total. The molecule has 0 saturated heterocycles. The summed E-state index contributed by atoms with van der Waals surface area (Å²) >= 11 is 0. The molecule has 3 aromatic rings. The van der Waals surface area contributed by atoms with Crippen molar-refractivity contribution < 1.29 is 70.2 Å². The number of hydrogen-bond acceptors (Lipinski definition) is 14. The van der Waals surface area contributed by atoms with Gasteiger partial charge < -0.3 is 10.0 Å². The number of aryl methyl sites for hydroxylation is 1. The molecular weight excluding hydrogens is 1160 g/mol. The van der Waals surface area contributed by atoms with E-state index in [1.54, 1.807) is 53.7 Å². The first kappa shape index (κ1) is 64.7. The summed E-state index contributed by atoms with van der Waals surface area (Å²) in [5.41, 5.74) is 4.35. The lowest BCUT2D eigenvalue weighted by Crippen LogP contribution is -2.38. The van der Waals surface area contributed by atoms with Crippen molar-refractivity contribution in [3.63, 3.8) is 0 Å². The number of rotatable bonds is 24. The number of carboxylic acid groups (broad SMARTS) is 1. The molecule has 0 spiro atoms. The second-order valence-electron chi connectivity index (χ2n) is 21.4. The van der Waals surface area contributed by atoms with Crippen LogP contribution >= 0.6 is 0 Å². The Morgan fingerprint density at radius 3 is 1.78 bits per heavy atom. The summed E-state index contributed by atoms with van der Waals surface area (Å²) < 4.78 is 154. The van der Waals surface area contributed by atoms with Crippen molar-refractivity contribution >= 4 is 85.1 Å². The molecule has 0 aliphatic carbocycles. The van der Waals surface area contributed by atoms with Crippen molar-refractivity contribution in [3.05, 3.63) is 130 Å². The lowest BCUT2D eigenvalue weighted by Gasteiger charge is -2.30. The van der Waals surface area contributed by atoms with E-state index in [0.29, 0.717) is 70.3 Å². The number of carbonyl (C=O) groups is 1. The number of allylic oxidation sites excluding steroid dienone is 6. The Morgan fingerprint density at radius 2 is 1.24 bits per heavy atom. The quantitative estimate of drug-likeness (QED) is 0.0318. The SMILES string of the molecule is CC(CCN1C=C(C#Cc2ccc(N(CCCS(=O)(=O)O)S(C)(=O)=O)cc2)C=C2C1=N/C(=C\C=C\C1=Nc3c(cc(C#Cc4ccc(N(CCCCCC(=O)O)S(C)(=O)=O)cc4)c[n+]3CCC(C)S(=O)(=O)O)C1(C)C)C2(C)C)S(=O)(=O)O. The summed E-state index contributed by atoms with van der Waals surface area (Å²) in [7, 11) is -20.5. The predicted octanol–water partition coefficient (Wildman–Crippen LogP) is 6.58. The number of benzene rings is 2. The molecule has 21 nitrogen and oxygen atoms in total. The monoisotopic (exact) mass is 1230 g/mol. The van der Waals surface area contributed by atoms with Crippen LogP contribution in [0, 0.1) is 29.1 Å². The van der Waals surface area contributed by atoms with Crippen LogP contribution in [0.15, 0.2) is 118 Å². The van der Waals surface area contributed by atoms with Gasteiger partial charge in [0.15, 0.2) is 5.71 Å². The van der Waals surface area contributed by atoms with Crippen molar-refractivity contribution in [2.24, 2.45) is 15.4 Å². The minimum atomic E-state index is -4.36. The highest BCUT2D eigenvalue weighted by Crippen LogP contribution is 2.45. The zero-order chi connectivity index (χ0) is 60.8. The van der Waals surface area contributed by atoms with E-state index in [1.165, 1.54) is 30.3 Å².